The third kappa shape index (κ3) is 45.4. The molecule has 0 saturated heterocycles. The zero-order chi connectivity index (χ0) is 20.2. The topological polar surface area (TPSA) is 52.9 Å². The molecule has 0 aliphatic heterocycles. The van der Waals surface area contributed by atoms with E-state index in [1.807, 2.05) is 0 Å². The van der Waals surface area contributed by atoms with Crippen LogP contribution in [0.15, 0.2) is 6.99 Å². The van der Waals surface area contributed by atoms with Crippen LogP contribution in [0.1, 0.15) is 94.9 Å². The summed E-state index contributed by atoms with van der Waals surface area (Å²) in [5.41, 5.74) is 0.216. The third-order valence-corrected chi connectivity index (χ3v) is 5.25. The normalized spacial score (nSPS) is 10.6. The Hall–Kier alpha value is 0.208. The molecule has 0 aromatic heterocycles. The number of rotatable bonds is 8. The van der Waals surface area contributed by atoms with Gasteiger partial charge in [-0.1, -0.05) is 53.4 Å². The van der Waals surface area contributed by atoms with Gasteiger partial charge in [0.1, 0.15) is 0 Å². The van der Waals surface area contributed by atoms with E-state index in [1.54, 1.807) is 0 Å². The van der Waals surface area contributed by atoms with Gasteiger partial charge >= 0.3 is 77.8 Å². The van der Waals surface area contributed by atoms with Crippen LogP contribution in [0.2, 0.25) is 0 Å². The Morgan fingerprint density at radius 1 is 0.560 bits per heavy atom. The summed E-state index contributed by atoms with van der Waals surface area (Å²) in [5.74, 6) is 0. The number of nitrogens with zero attached hydrogens (tertiary/aromatic N) is 4. The second-order valence-corrected chi connectivity index (χ2v) is 9.25. The SMILES string of the molecule is CC(C)(C)[N]=[Mo+2]=[N]C(C)(C)C.CCC[N-]CCC.CCC[N-]CCC. The molecular formula is C20H46MoN4. The first-order valence-electron chi connectivity index (χ1n) is 9.91. The summed E-state index contributed by atoms with van der Waals surface area (Å²) >= 11 is -0.473. The second kappa shape index (κ2) is 20.5. The van der Waals surface area contributed by atoms with Crippen LogP contribution in [0.4, 0.5) is 0 Å². The summed E-state index contributed by atoms with van der Waals surface area (Å²) in [6.45, 7) is 25.5. The van der Waals surface area contributed by atoms with Gasteiger partial charge in [0.05, 0.1) is 0 Å². The van der Waals surface area contributed by atoms with Gasteiger partial charge in [-0.25, -0.2) is 0 Å². The van der Waals surface area contributed by atoms with E-state index in [1.165, 1.54) is 25.7 Å². The molecule has 0 fully saturated rings. The van der Waals surface area contributed by atoms with Crippen molar-refractivity contribution >= 4 is 0 Å². The zero-order valence-electron chi connectivity index (χ0n) is 18.9. The van der Waals surface area contributed by atoms with Gasteiger partial charge in [0.15, 0.2) is 0 Å². The van der Waals surface area contributed by atoms with Gasteiger partial charge in [-0.05, 0) is 0 Å². The van der Waals surface area contributed by atoms with Crippen molar-refractivity contribution in [1.29, 1.82) is 0 Å². The van der Waals surface area contributed by atoms with E-state index in [4.69, 9.17) is 0 Å². The summed E-state index contributed by atoms with van der Waals surface area (Å²) < 4.78 is 9.01. The molecule has 0 radical (unpaired) electrons. The molecule has 0 atom stereocenters. The van der Waals surface area contributed by atoms with Crippen LogP contribution in [0, 0.1) is 0 Å². The van der Waals surface area contributed by atoms with Crippen molar-refractivity contribution in [1.82, 2.24) is 0 Å². The average molecular weight is 439 g/mol. The standard InChI is InChI=1S/2C6H14N.2C4H9N.Mo/c2*1-3-5-7-6-4-2;2*1-4(2,3)5;/h2*3-6H2,1-2H3;2*1-3H3;/q2*-1;;;+2. The minimum atomic E-state index is -0.473. The van der Waals surface area contributed by atoms with Gasteiger partial charge in [0.2, 0.25) is 0 Å². The summed E-state index contributed by atoms with van der Waals surface area (Å²) in [4.78, 5) is 0. The predicted octanol–water partition coefficient (Wildman–Crippen LogP) is 7.39. The quantitative estimate of drug-likeness (QED) is 0.280. The Bertz CT molecular complexity index is 275. The smallest absolute Gasteiger partial charge is 0.0670 e. The van der Waals surface area contributed by atoms with Crippen LogP contribution in [0.25, 0.3) is 10.6 Å². The number of hydrogen-bond acceptors (Lipinski definition) is 2. The van der Waals surface area contributed by atoms with E-state index in [0.29, 0.717) is 0 Å². The summed E-state index contributed by atoms with van der Waals surface area (Å²) in [6, 6.07) is 0. The minimum absolute atomic E-state index is 0.108. The molecule has 0 amide bonds. The molecule has 0 spiro atoms. The van der Waals surface area contributed by atoms with Crippen molar-refractivity contribution < 1.29 is 18.2 Å². The van der Waals surface area contributed by atoms with Crippen molar-refractivity contribution in [3.05, 3.63) is 10.6 Å². The van der Waals surface area contributed by atoms with Crippen molar-refractivity contribution in [3.8, 4) is 0 Å². The van der Waals surface area contributed by atoms with Gasteiger partial charge in [0, 0.05) is 0 Å². The van der Waals surface area contributed by atoms with E-state index in [9.17, 15) is 0 Å². The maximum Gasteiger partial charge on any atom is -0.0670 e. The van der Waals surface area contributed by atoms with Crippen LogP contribution in [-0.4, -0.2) is 37.3 Å². The van der Waals surface area contributed by atoms with Crippen molar-refractivity contribution in [3.63, 3.8) is 0 Å². The Labute approximate surface area is 168 Å². The predicted molar refractivity (Wildman–Crippen MR) is 112 cm³/mol. The van der Waals surface area contributed by atoms with Gasteiger partial charge in [-0.3, -0.25) is 0 Å². The molecule has 0 bridgehead atoms. The summed E-state index contributed by atoms with van der Waals surface area (Å²) in [6.07, 6.45) is 4.78. The van der Waals surface area contributed by atoms with Crippen LogP contribution in [0.5, 0.6) is 0 Å². The zero-order valence-corrected chi connectivity index (χ0v) is 20.9. The molecule has 152 valence electrons. The van der Waals surface area contributed by atoms with Crippen molar-refractivity contribution in [2.75, 3.05) is 26.2 Å². The van der Waals surface area contributed by atoms with Crippen LogP contribution >= 0.6 is 0 Å². The fraction of sp³-hybridized carbons (Fsp3) is 1.00. The van der Waals surface area contributed by atoms with E-state index >= 15 is 0 Å². The largest absolute Gasteiger partial charge is 0.662 e. The van der Waals surface area contributed by atoms with E-state index in [2.05, 4.69) is 86.9 Å². The first-order valence-corrected chi connectivity index (χ1v) is 11.7. The van der Waals surface area contributed by atoms with Crippen LogP contribution < -0.4 is 0 Å². The Kier molecular flexibility index (Phi) is 24.6. The minimum Gasteiger partial charge on any atom is -0.662 e. The third-order valence-electron chi connectivity index (χ3n) is 2.16. The van der Waals surface area contributed by atoms with Crippen LogP contribution in [-0.2, 0) is 18.2 Å². The molecule has 0 saturated carbocycles. The molecule has 0 heterocycles. The molecule has 0 aliphatic carbocycles. The maximum absolute atomic E-state index is 4.51. The van der Waals surface area contributed by atoms with Gasteiger partial charge in [0.25, 0.3) is 0 Å². The van der Waals surface area contributed by atoms with Gasteiger partial charge in [-0.15, -0.1) is 26.2 Å². The Morgan fingerprint density at radius 2 is 0.800 bits per heavy atom. The van der Waals surface area contributed by atoms with Gasteiger partial charge in [-0.2, -0.15) is 0 Å². The second-order valence-electron chi connectivity index (χ2n) is 7.95. The molecule has 0 N–H and O–H groups in total. The van der Waals surface area contributed by atoms with Crippen molar-refractivity contribution in [2.45, 2.75) is 106 Å². The molecule has 0 aliphatic rings. The van der Waals surface area contributed by atoms with Crippen molar-refractivity contribution in [2.24, 2.45) is 6.99 Å². The summed E-state index contributed by atoms with van der Waals surface area (Å²) in [7, 11) is 0. The molecule has 0 aromatic rings. The first-order chi connectivity index (χ1) is 11.5. The molecule has 25 heavy (non-hydrogen) atoms. The van der Waals surface area contributed by atoms with Gasteiger partial charge < -0.3 is 10.6 Å². The molecule has 4 nitrogen and oxygen atoms in total. The average Bonchev–Trinajstić information content (AvgIpc) is 2.47. The van der Waals surface area contributed by atoms with E-state index in [0.717, 1.165) is 26.2 Å². The molecule has 0 aromatic carbocycles. The Balaban J connectivity index is -0.000000304. The van der Waals surface area contributed by atoms with E-state index in [-0.39, 0.29) is 11.1 Å². The maximum atomic E-state index is 4.51. The fourth-order valence-corrected chi connectivity index (χ4v) is 2.43. The molecule has 0 unspecified atom stereocenters. The van der Waals surface area contributed by atoms with E-state index < -0.39 is 18.2 Å². The summed E-state index contributed by atoms with van der Waals surface area (Å²) in [5, 5.41) is 8.42. The monoisotopic (exact) mass is 440 g/mol. The number of hydrogen-bond donors (Lipinski definition) is 0. The first kappa shape index (κ1) is 30.0. The molecule has 0 rings (SSSR count). The molecule has 5 heteroatoms. The van der Waals surface area contributed by atoms with Crippen LogP contribution in [0.3, 0.4) is 0 Å². The molecular weight excluding hydrogens is 392 g/mol. The Morgan fingerprint density at radius 3 is 0.960 bits per heavy atom. The fourth-order valence-electron chi connectivity index (χ4n) is 1.12.